The van der Waals surface area contributed by atoms with Crippen molar-refractivity contribution in [2.24, 2.45) is 0 Å². The number of carbonyl (C=O) groups excluding carboxylic acids is 2. The summed E-state index contributed by atoms with van der Waals surface area (Å²) in [6.07, 6.45) is 95.9. The number of hydrogen-bond acceptors (Lipinski definition) is 5. The lowest BCUT2D eigenvalue weighted by atomic mass is 10.0. The molecule has 0 bridgehead atoms. The highest BCUT2D eigenvalue weighted by Crippen LogP contribution is 2.20. The number of aliphatic hydroxyl groups excluding tert-OH is 2. The van der Waals surface area contributed by atoms with E-state index in [0.717, 1.165) is 38.5 Å². The van der Waals surface area contributed by atoms with Crippen molar-refractivity contribution in [1.29, 1.82) is 0 Å². The van der Waals surface area contributed by atoms with Gasteiger partial charge in [-0.15, -0.1) is 0 Å². The number of nitrogens with one attached hydrogen (secondary N) is 1. The lowest BCUT2D eigenvalue weighted by molar-refractivity contribution is -0.143. The SMILES string of the molecule is CCCCCCCCCCCCCCCCCCCCCCC(O)C(CO)NC(=O)CCCCCCCCCCCCCCCCC/C=C\CCCCCCCCCCCCCCOC(=O)CCCCCCCCCCCCCCCCCCCC. The van der Waals surface area contributed by atoms with E-state index in [2.05, 4.69) is 31.3 Å². The highest BCUT2D eigenvalue weighted by Gasteiger charge is 2.20. The number of amides is 1. The fourth-order valence-corrected chi connectivity index (χ4v) is 13.0. The van der Waals surface area contributed by atoms with Crippen LogP contribution in [0.15, 0.2) is 12.2 Å². The standard InChI is InChI=1S/C80H157NO5/c1-3-5-7-9-11-13-15-17-19-21-23-37-40-44-48-52-56-60-64-68-72-78(83)77(76-82)81-79(84)73-69-65-61-57-53-49-45-41-38-35-33-31-29-27-25-24-26-28-30-32-34-36-39-43-47-51-55-59-63-67-71-75-86-80(85)74-70-66-62-58-54-50-46-42-22-20-18-16-14-12-10-8-6-4-2/h26,28,77-78,82-83H,3-25,27,29-76H2,1-2H3,(H,81,84)/b28-26-. The minimum atomic E-state index is -0.663. The summed E-state index contributed by atoms with van der Waals surface area (Å²) < 4.78 is 5.52. The van der Waals surface area contributed by atoms with E-state index in [-0.39, 0.29) is 18.5 Å². The third kappa shape index (κ3) is 71.7. The van der Waals surface area contributed by atoms with Crippen LogP contribution in [0.25, 0.3) is 0 Å². The quantitative estimate of drug-likeness (QED) is 0.0320. The van der Waals surface area contributed by atoms with Gasteiger partial charge in [0.25, 0.3) is 0 Å². The Labute approximate surface area is 539 Å². The van der Waals surface area contributed by atoms with Crippen LogP contribution in [0.1, 0.15) is 463 Å². The van der Waals surface area contributed by atoms with E-state index in [1.54, 1.807) is 0 Å². The Balaban J connectivity index is 3.34. The topological polar surface area (TPSA) is 95.9 Å². The molecule has 0 aliphatic heterocycles. The highest BCUT2D eigenvalue weighted by atomic mass is 16.5. The molecule has 0 fully saturated rings. The first-order valence-corrected chi connectivity index (χ1v) is 39.9. The normalized spacial score (nSPS) is 12.5. The van der Waals surface area contributed by atoms with Gasteiger partial charge < -0.3 is 20.3 Å². The van der Waals surface area contributed by atoms with Crippen LogP contribution in [0.5, 0.6) is 0 Å². The van der Waals surface area contributed by atoms with E-state index in [1.165, 1.54) is 392 Å². The maximum Gasteiger partial charge on any atom is 0.305 e. The molecule has 0 spiro atoms. The van der Waals surface area contributed by atoms with Gasteiger partial charge in [-0.25, -0.2) is 0 Å². The Hall–Kier alpha value is -1.40. The molecule has 0 saturated carbocycles. The molecule has 6 heteroatoms. The summed E-state index contributed by atoms with van der Waals surface area (Å²) >= 11 is 0. The average Bonchev–Trinajstić information content (AvgIpc) is 3.54. The molecule has 6 nitrogen and oxygen atoms in total. The van der Waals surface area contributed by atoms with Crippen LogP contribution in [0, 0.1) is 0 Å². The lowest BCUT2D eigenvalue weighted by Gasteiger charge is -2.22. The predicted octanol–water partition coefficient (Wildman–Crippen LogP) is 26.3. The molecule has 0 aromatic carbocycles. The molecule has 2 atom stereocenters. The van der Waals surface area contributed by atoms with Crippen LogP contribution in [0.2, 0.25) is 0 Å². The number of allylic oxidation sites excluding steroid dienone is 2. The first kappa shape index (κ1) is 84.6. The van der Waals surface area contributed by atoms with Crippen LogP contribution < -0.4 is 5.32 Å². The number of rotatable bonds is 76. The smallest absolute Gasteiger partial charge is 0.305 e. The second kappa shape index (κ2) is 76.1. The van der Waals surface area contributed by atoms with E-state index in [4.69, 9.17) is 4.74 Å². The molecular weight excluding hydrogens is 1050 g/mol. The van der Waals surface area contributed by atoms with Crippen molar-refractivity contribution < 1.29 is 24.5 Å². The summed E-state index contributed by atoms with van der Waals surface area (Å²) in [5.74, 6) is -0.00396. The minimum absolute atomic E-state index is 0.0235. The van der Waals surface area contributed by atoms with Crippen LogP contribution in [0.4, 0.5) is 0 Å². The van der Waals surface area contributed by atoms with Gasteiger partial charge in [0.15, 0.2) is 0 Å². The molecule has 0 aliphatic rings. The van der Waals surface area contributed by atoms with Gasteiger partial charge in [0.2, 0.25) is 5.91 Å². The molecule has 1 amide bonds. The zero-order valence-corrected chi connectivity index (χ0v) is 58.8. The predicted molar refractivity (Wildman–Crippen MR) is 380 cm³/mol. The number of ether oxygens (including phenoxy) is 1. The Morgan fingerprint density at radius 2 is 0.547 bits per heavy atom. The van der Waals surface area contributed by atoms with Crippen molar-refractivity contribution in [3.8, 4) is 0 Å². The summed E-state index contributed by atoms with van der Waals surface area (Å²) in [6.45, 7) is 5.02. The lowest BCUT2D eigenvalue weighted by Crippen LogP contribution is -2.45. The van der Waals surface area contributed by atoms with Crippen molar-refractivity contribution in [3.63, 3.8) is 0 Å². The maximum absolute atomic E-state index is 12.6. The Morgan fingerprint density at radius 1 is 0.314 bits per heavy atom. The van der Waals surface area contributed by atoms with Crippen molar-refractivity contribution in [2.75, 3.05) is 13.2 Å². The fraction of sp³-hybridized carbons (Fsp3) is 0.950. The van der Waals surface area contributed by atoms with Gasteiger partial charge in [0, 0.05) is 12.8 Å². The number of carbonyl (C=O) groups is 2. The van der Waals surface area contributed by atoms with Crippen LogP contribution >= 0.6 is 0 Å². The summed E-state index contributed by atoms with van der Waals surface area (Å²) in [5, 5.41) is 23.4. The number of unbranched alkanes of at least 4 members (excludes halogenated alkanes) is 63. The fourth-order valence-electron chi connectivity index (χ4n) is 13.0. The Bertz CT molecular complexity index is 1300. The van der Waals surface area contributed by atoms with Gasteiger partial charge >= 0.3 is 5.97 Å². The maximum atomic E-state index is 12.6. The van der Waals surface area contributed by atoms with Gasteiger partial charge in [-0.05, 0) is 51.4 Å². The molecule has 0 aromatic heterocycles. The van der Waals surface area contributed by atoms with Crippen LogP contribution in [-0.4, -0.2) is 47.4 Å². The second-order valence-corrected chi connectivity index (χ2v) is 27.8. The van der Waals surface area contributed by atoms with E-state index in [0.29, 0.717) is 25.9 Å². The average molecular weight is 1210 g/mol. The van der Waals surface area contributed by atoms with Gasteiger partial charge in [-0.2, -0.15) is 0 Å². The molecule has 0 saturated heterocycles. The van der Waals surface area contributed by atoms with Gasteiger partial charge in [-0.1, -0.05) is 411 Å². The molecule has 0 heterocycles. The number of esters is 1. The molecule has 0 radical (unpaired) electrons. The zero-order valence-electron chi connectivity index (χ0n) is 58.8. The molecule has 86 heavy (non-hydrogen) atoms. The highest BCUT2D eigenvalue weighted by molar-refractivity contribution is 5.76. The van der Waals surface area contributed by atoms with E-state index < -0.39 is 12.1 Å². The van der Waals surface area contributed by atoms with E-state index >= 15 is 0 Å². The van der Waals surface area contributed by atoms with Crippen molar-refractivity contribution in [2.45, 2.75) is 475 Å². The second-order valence-electron chi connectivity index (χ2n) is 27.8. The Morgan fingerprint density at radius 3 is 0.826 bits per heavy atom. The molecular formula is C80H157NO5. The molecule has 0 aromatic rings. The first-order valence-electron chi connectivity index (χ1n) is 39.9. The minimum Gasteiger partial charge on any atom is -0.466 e. The monoisotopic (exact) mass is 1210 g/mol. The molecule has 2 unspecified atom stereocenters. The van der Waals surface area contributed by atoms with E-state index in [9.17, 15) is 19.8 Å². The van der Waals surface area contributed by atoms with Crippen LogP contribution in [0.3, 0.4) is 0 Å². The summed E-state index contributed by atoms with van der Waals surface area (Å²) in [5.41, 5.74) is 0. The molecule has 0 rings (SSSR count). The third-order valence-electron chi connectivity index (χ3n) is 19.1. The molecule has 512 valence electrons. The molecule has 3 N–H and O–H groups in total. The third-order valence-corrected chi connectivity index (χ3v) is 19.1. The van der Waals surface area contributed by atoms with Crippen molar-refractivity contribution in [3.05, 3.63) is 12.2 Å². The van der Waals surface area contributed by atoms with Gasteiger partial charge in [0.05, 0.1) is 25.4 Å². The first-order chi connectivity index (χ1) is 42.5. The van der Waals surface area contributed by atoms with E-state index in [1.807, 2.05) is 0 Å². The summed E-state index contributed by atoms with van der Waals surface area (Å²) in [4.78, 5) is 24.7. The van der Waals surface area contributed by atoms with Crippen molar-refractivity contribution >= 4 is 11.9 Å². The number of aliphatic hydroxyl groups is 2. The largest absolute Gasteiger partial charge is 0.466 e. The Kier molecular flexibility index (Phi) is 74.8. The van der Waals surface area contributed by atoms with Gasteiger partial charge in [0.1, 0.15) is 0 Å². The van der Waals surface area contributed by atoms with Crippen LogP contribution in [-0.2, 0) is 14.3 Å². The zero-order chi connectivity index (χ0) is 62.0. The molecule has 0 aliphatic carbocycles. The summed E-state index contributed by atoms with van der Waals surface area (Å²) in [7, 11) is 0. The van der Waals surface area contributed by atoms with Gasteiger partial charge in [-0.3, -0.25) is 9.59 Å². The van der Waals surface area contributed by atoms with Crippen molar-refractivity contribution in [1.82, 2.24) is 5.32 Å². The number of hydrogen-bond donors (Lipinski definition) is 3. The summed E-state index contributed by atoms with van der Waals surface area (Å²) in [6, 6.07) is -0.540.